The van der Waals surface area contributed by atoms with Crippen LogP contribution < -0.4 is 0 Å². The molecule has 172 valence electrons. The van der Waals surface area contributed by atoms with Gasteiger partial charge in [0.1, 0.15) is 0 Å². The fourth-order valence-corrected chi connectivity index (χ4v) is 4.17. The van der Waals surface area contributed by atoms with Crippen LogP contribution >= 0.6 is 0 Å². The van der Waals surface area contributed by atoms with E-state index in [9.17, 15) is 0 Å². The molecule has 0 unspecified atom stereocenters. The summed E-state index contributed by atoms with van der Waals surface area (Å²) in [6.07, 6.45) is 4.17. The molecule has 0 bridgehead atoms. The van der Waals surface area contributed by atoms with E-state index in [-0.39, 0.29) is 0 Å². The number of rotatable bonds is 8. The van der Waals surface area contributed by atoms with E-state index in [0.29, 0.717) is 0 Å². The Kier molecular flexibility index (Phi) is 7.69. The largest absolute Gasteiger partial charge is 0.150 e. The summed E-state index contributed by atoms with van der Waals surface area (Å²) >= 11 is 0. The lowest BCUT2D eigenvalue weighted by atomic mass is 10.0. The first-order chi connectivity index (χ1) is 16.5. The molecule has 0 aromatic heterocycles. The van der Waals surface area contributed by atoms with E-state index in [2.05, 4.69) is 123 Å². The zero-order valence-corrected chi connectivity index (χ0v) is 20.8. The fourth-order valence-electron chi connectivity index (χ4n) is 4.17. The van der Waals surface area contributed by atoms with Gasteiger partial charge in [-0.05, 0) is 98.9 Å². The summed E-state index contributed by atoms with van der Waals surface area (Å²) in [5.41, 5.74) is 12.2. The maximum absolute atomic E-state index is 4.56. The lowest BCUT2D eigenvalue weighted by molar-refractivity contribution is 0.955. The highest BCUT2D eigenvalue weighted by Crippen LogP contribution is 2.26. The molecular weight excluding hydrogens is 412 g/mol. The topological polar surface area (TPSA) is 24.7 Å². The molecular formula is C32H34N2. The van der Waals surface area contributed by atoms with Crippen LogP contribution in [0, 0.1) is 27.7 Å². The Labute approximate surface area is 204 Å². The molecule has 0 heterocycles. The van der Waals surface area contributed by atoms with Crippen LogP contribution in [-0.2, 0) is 25.7 Å². The lowest BCUT2D eigenvalue weighted by Gasteiger charge is -2.07. The molecule has 4 aromatic rings. The van der Waals surface area contributed by atoms with Crippen molar-refractivity contribution in [2.45, 2.75) is 53.4 Å². The second-order valence-electron chi connectivity index (χ2n) is 9.41. The Bertz CT molecular complexity index is 1160. The Morgan fingerprint density at radius 2 is 0.735 bits per heavy atom. The van der Waals surface area contributed by atoms with Gasteiger partial charge in [0, 0.05) is 0 Å². The first kappa shape index (κ1) is 23.6. The Morgan fingerprint density at radius 1 is 0.412 bits per heavy atom. The van der Waals surface area contributed by atoms with Gasteiger partial charge in [-0.2, -0.15) is 10.2 Å². The maximum Gasteiger partial charge on any atom is 0.0886 e. The molecule has 2 nitrogen and oxygen atoms in total. The van der Waals surface area contributed by atoms with Crippen LogP contribution in [0.25, 0.3) is 0 Å². The Morgan fingerprint density at radius 3 is 1.09 bits per heavy atom. The van der Waals surface area contributed by atoms with E-state index in [1.165, 1.54) is 33.4 Å². The summed E-state index contributed by atoms with van der Waals surface area (Å²) in [6, 6.07) is 30.6. The number of nitrogens with zero attached hydrogens (tertiary/aromatic N) is 2. The monoisotopic (exact) mass is 446 g/mol. The highest BCUT2D eigenvalue weighted by Gasteiger charge is 2.04. The van der Waals surface area contributed by atoms with Crippen molar-refractivity contribution in [1.82, 2.24) is 0 Å². The van der Waals surface area contributed by atoms with Crippen molar-refractivity contribution in [3.8, 4) is 0 Å². The number of azo groups is 1. The number of hydrogen-bond acceptors (Lipinski definition) is 2. The van der Waals surface area contributed by atoms with Crippen LogP contribution in [0.4, 0.5) is 11.4 Å². The number of hydrogen-bond donors (Lipinski definition) is 0. The van der Waals surface area contributed by atoms with Gasteiger partial charge in [-0.25, -0.2) is 0 Å². The van der Waals surface area contributed by atoms with Crippen molar-refractivity contribution < 1.29 is 0 Å². The summed E-state index contributed by atoms with van der Waals surface area (Å²) in [5, 5.41) is 9.12. The predicted molar refractivity (Wildman–Crippen MR) is 144 cm³/mol. The minimum absolute atomic E-state index is 0.932. The van der Waals surface area contributed by atoms with E-state index >= 15 is 0 Å². The summed E-state index contributed by atoms with van der Waals surface area (Å²) in [6.45, 7) is 8.49. The molecule has 0 radical (unpaired) electrons. The number of aryl methyl sites for hydroxylation is 8. The summed E-state index contributed by atoms with van der Waals surface area (Å²) in [7, 11) is 0. The molecule has 0 atom stereocenters. The minimum Gasteiger partial charge on any atom is -0.150 e. The van der Waals surface area contributed by atoms with Crippen LogP contribution in [0.2, 0.25) is 0 Å². The van der Waals surface area contributed by atoms with Gasteiger partial charge in [0.2, 0.25) is 0 Å². The molecule has 0 amide bonds. The smallest absolute Gasteiger partial charge is 0.0886 e. The summed E-state index contributed by atoms with van der Waals surface area (Å²) in [4.78, 5) is 0. The van der Waals surface area contributed by atoms with Gasteiger partial charge in [-0.15, -0.1) is 0 Å². The van der Waals surface area contributed by atoms with E-state index in [4.69, 9.17) is 0 Å². The molecule has 0 N–H and O–H groups in total. The van der Waals surface area contributed by atoms with Crippen LogP contribution in [0.3, 0.4) is 0 Å². The van der Waals surface area contributed by atoms with Crippen LogP contribution in [0.1, 0.15) is 44.5 Å². The minimum atomic E-state index is 0.932. The zero-order chi connectivity index (χ0) is 23.9. The van der Waals surface area contributed by atoms with Gasteiger partial charge >= 0.3 is 0 Å². The van der Waals surface area contributed by atoms with Gasteiger partial charge in [-0.3, -0.25) is 0 Å². The quantitative estimate of drug-likeness (QED) is 0.241. The van der Waals surface area contributed by atoms with Crippen LogP contribution in [0.5, 0.6) is 0 Å². The van der Waals surface area contributed by atoms with Gasteiger partial charge in [0.15, 0.2) is 0 Å². The van der Waals surface area contributed by atoms with E-state index in [1.54, 1.807) is 0 Å². The second kappa shape index (κ2) is 11.1. The van der Waals surface area contributed by atoms with Crippen LogP contribution in [0.15, 0.2) is 95.2 Å². The molecule has 0 saturated heterocycles. The predicted octanol–water partition coefficient (Wildman–Crippen LogP) is 8.91. The normalized spacial score (nSPS) is 11.3. The first-order valence-corrected chi connectivity index (χ1v) is 12.2. The lowest BCUT2D eigenvalue weighted by Crippen LogP contribution is -1.92. The van der Waals surface area contributed by atoms with Gasteiger partial charge in [0.05, 0.1) is 11.4 Å². The van der Waals surface area contributed by atoms with Crippen molar-refractivity contribution in [2.24, 2.45) is 10.2 Å². The van der Waals surface area contributed by atoms with Crippen molar-refractivity contribution in [3.63, 3.8) is 0 Å². The van der Waals surface area contributed by atoms with Gasteiger partial charge in [-0.1, -0.05) is 83.9 Å². The third-order valence-corrected chi connectivity index (χ3v) is 6.43. The molecule has 0 fully saturated rings. The molecule has 0 spiro atoms. The van der Waals surface area contributed by atoms with Crippen molar-refractivity contribution >= 4 is 11.4 Å². The third kappa shape index (κ3) is 6.51. The fraction of sp³-hybridized carbons (Fsp3) is 0.250. The van der Waals surface area contributed by atoms with Crippen molar-refractivity contribution in [1.29, 1.82) is 0 Å². The Balaban J connectivity index is 1.36. The van der Waals surface area contributed by atoms with Crippen molar-refractivity contribution in [3.05, 3.63) is 129 Å². The highest BCUT2D eigenvalue weighted by molar-refractivity contribution is 5.50. The average molecular weight is 447 g/mol. The van der Waals surface area contributed by atoms with E-state index < -0.39 is 0 Å². The zero-order valence-electron chi connectivity index (χ0n) is 20.8. The first-order valence-electron chi connectivity index (χ1n) is 12.2. The SMILES string of the molecule is Cc1ccc(CCc2ccc(N=Nc3ccc(CCc4ccc(C)cc4)cc3C)c(C)c2)cc1. The van der Waals surface area contributed by atoms with Gasteiger partial charge in [0.25, 0.3) is 0 Å². The van der Waals surface area contributed by atoms with Gasteiger partial charge < -0.3 is 0 Å². The van der Waals surface area contributed by atoms with E-state index in [1.807, 2.05) is 0 Å². The molecule has 0 aliphatic carbocycles. The standard InChI is InChI=1S/C32H34N2/c1-23-5-9-27(10-6-23)13-15-29-17-19-31(25(3)21-29)33-34-32-20-18-30(22-26(32)4)16-14-28-11-7-24(2)8-12-28/h5-12,17-22H,13-16H2,1-4H3. The summed E-state index contributed by atoms with van der Waals surface area (Å²) < 4.78 is 0. The van der Waals surface area contributed by atoms with E-state index in [0.717, 1.165) is 48.2 Å². The summed E-state index contributed by atoms with van der Waals surface area (Å²) in [5.74, 6) is 0. The van der Waals surface area contributed by atoms with Crippen molar-refractivity contribution in [2.75, 3.05) is 0 Å². The Hall–Kier alpha value is -3.52. The molecule has 0 saturated carbocycles. The molecule has 4 rings (SSSR count). The number of benzene rings is 4. The maximum atomic E-state index is 4.56. The third-order valence-electron chi connectivity index (χ3n) is 6.43. The van der Waals surface area contributed by atoms with Crippen LogP contribution in [-0.4, -0.2) is 0 Å². The molecule has 4 aromatic carbocycles. The molecule has 2 heteroatoms. The molecule has 0 aliphatic heterocycles. The molecule has 0 aliphatic rings. The molecule has 34 heavy (non-hydrogen) atoms. The average Bonchev–Trinajstić information content (AvgIpc) is 2.83. The highest BCUT2D eigenvalue weighted by atomic mass is 15.1. The second-order valence-corrected chi connectivity index (χ2v) is 9.41.